The van der Waals surface area contributed by atoms with Gasteiger partial charge in [0.15, 0.2) is 5.60 Å². The number of likely N-dealkylation sites (tertiary alicyclic amines) is 2. The molecule has 0 atom stereocenters. The summed E-state index contributed by atoms with van der Waals surface area (Å²) in [7, 11) is 0. The summed E-state index contributed by atoms with van der Waals surface area (Å²) in [5, 5.41) is 0. The predicted molar refractivity (Wildman–Crippen MR) is 157 cm³/mol. The number of aromatic nitrogens is 2. The molecule has 1 aromatic heterocycles. The molecule has 5 aliphatic rings. The summed E-state index contributed by atoms with van der Waals surface area (Å²) in [6.45, 7) is 11.1. The number of nitrogens with one attached hydrogen (secondary N) is 1. The molecule has 2 saturated carbocycles. The van der Waals surface area contributed by atoms with Crippen LogP contribution in [0.1, 0.15) is 95.1 Å². The van der Waals surface area contributed by atoms with Gasteiger partial charge < -0.3 is 29.0 Å². The maximum atomic E-state index is 12.7. The Kier molecular flexibility index (Phi) is 6.51. The van der Waals surface area contributed by atoms with E-state index in [2.05, 4.69) is 30.1 Å². The molecule has 2 aliphatic carbocycles. The lowest BCUT2D eigenvalue weighted by Gasteiger charge is -2.51. The van der Waals surface area contributed by atoms with Crippen molar-refractivity contribution in [1.29, 1.82) is 0 Å². The highest BCUT2D eigenvalue weighted by atomic mass is 16.6. The van der Waals surface area contributed by atoms with Gasteiger partial charge in [-0.05, 0) is 95.2 Å². The number of carbonyl (C=O) groups is 2. The van der Waals surface area contributed by atoms with Crippen molar-refractivity contribution in [1.82, 2.24) is 19.8 Å². The summed E-state index contributed by atoms with van der Waals surface area (Å²) in [5.41, 5.74) is 3.51. The molecule has 2 spiro atoms. The van der Waals surface area contributed by atoms with Crippen molar-refractivity contribution in [3.8, 4) is 17.0 Å². The van der Waals surface area contributed by atoms with Crippen LogP contribution in [0.5, 0.6) is 5.75 Å². The minimum atomic E-state index is -0.533. The minimum Gasteiger partial charge on any atom is -0.480 e. The van der Waals surface area contributed by atoms with E-state index in [0.717, 1.165) is 72.9 Å². The summed E-state index contributed by atoms with van der Waals surface area (Å²) in [6, 6.07) is 6.36. The Morgan fingerprint density at radius 1 is 1.02 bits per heavy atom. The van der Waals surface area contributed by atoms with Crippen molar-refractivity contribution in [3.63, 3.8) is 0 Å². The molecule has 1 N–H and O–H groups in total. The first kappa shape index (κ1) is 27.6. The molecule has 7 rings (SSSR count). The van der Waals surface area contributed by atoms with E-state index in [0.29, 0.717) is 44.4 Å². The van der Waals surface area contributed by atoms with Crippen LogP contribution < -0.4 is 4.74 Å². The van der Waals surface area contributed by atoms with Crippen LogP contribution in [0.4, 0.5) is 9.59 Å². The van der Waals surface area contributed by atoms with Crippen molar-refractivity contribution in [2.75, 3.05) is 32.8 Å². The molecule has 9 nitrogen and oxygen atoms in total. The average Bonchev–Trinajstić information content (AvgIpc) is 3.65. The van der Waals surface area contributed by atoms with Crippen molar-refractivity contribution >= 4 is 12.2 Å². The van der Waals surface area contributed by atoms with Crippen molar-refractivity contribution in [2.45, 2.75) is 96.2 Å². The van der Waals surface area contributed by atoms with E-state index >= 15 is 0 Å². The van der Waals surface area contributed by atoms with Crippen molar-refractivity contribution < 1.29 is 23.8 Å². The van der Waals surface area contributed by atoms with Crippen molar-refractivity contribution in [2.24, 2.45) is 11.3 Å². The van der Waals surface area contributed by atoms with E-state index in [1.807, 2.05) is 30.6 Å². The second-order valence-corrected chi connectivity index (χ2v) is 14.5. The number of hydrogen-bond donors (Lipinski definition) is 1. The SMILES string of the molecule is Cc1ccc2c(c1)OC1(CCN(C(=O)OCC3CC3)CC1)c1[nH]c(C3CC4(CCN(C(=O)OC(C)(C)C)CC4)C3)nc1-2. The van der Waals surface area contributed by atoms with Gasteiger partial charge >= 0.3 is 12.2 Å². The van der Waals surface area contributed by atoms with Crippen LogP contribution in [0.25, 0.3) is 11.3 Å². The first-order valence-corrected chi connectivity index (χ1v) is 15.8. The number of carbonyl (C=O) groups excluding carboxylic acids is 2. The van der Waals surface area contributed by atoms with Gasteiger partial charge in [0.25, 0.3) is 0 Å². The lowest BCUT2D eigenvalue weighted by atomic mass is 9.57. The first-order chi connectivity index (χ1) is 20.0. The number of H-pyrrole nitrogens is 1. The summed E-state index contributed by atoms with van der Waals surface area (Å²) in [4.78, 5) is 38.0. The molecule has 4 heterocycles. The number of imidazole rings is 1. The number of hydrogen-bond acceptors (Lipinski definition) is 6. The van der Waals surface area contributed by atoms with Gasteiger partial charge in [0, 0.05) is 50.5 Å². The van der Waals surface area contributed by atoms with Crippen LogP contribution in [0.2, 0.25) is 0 Å². The Hall–Kier alpha value is -3.23. The number of aryl methyl sites for hydroxylation is 1. The van der Waals surface area contributed by atoms with Crippen LogP contribution in [0.3, 0.4) is 0 Å². The highest BCUT2D eigenvalue weighted by Crippen LogP contribution is 2.57. The third-order valence-electron chi connectivity index (χ3n) is 10.1. The molecule has 9 heteroatoms. The molecular weight excluding hydrogens is 532 g/mol. The van der Waals surface area contributed by atoms with Crippen LogP contribution in [-0.2, 0) is 15.1 Å². The molecule has 42 heavy (non-hydrogen) atoms. The van der Waals surface area contributed by atoms with Crippen LogP contribution in [0.15, 0.2) is 18.2 Å². The highest BCUT2D eigenvalue weighted by Gasteiger charge is 2.51. The maximum Gasteiger partial charge on any atom is 0.410 e. The lowest BCUT2D eigenvalue weighted by molar-refractivity contribution is -0.0137. The lowest BCUT2D eigenvalue weighted by Crippen LogP contribution is -2.49. The van der Waals surface area contributed by atoms with E-state index < -0.39 is 11.2 Å². The number of piperidine rings is 2. The fourth-order valence-corrected chi connectivity index (χ4v) is 7.33. The molecular formula is C33H44N4O5. The molecule has 3 aliphatic heterocycles. The van der Waals surface area contributed by atoms with Gasteiger partial charge in [-0.15, -0.1) is 0 Å². The van der Waals surface area contributed by atoms with E-state index in [9.17, 15) is 9.59 Å². The maximum absolute atomic E-state index is 12.7. The molecule has 226 valence electrons. The third-order valence-corrected chi connectivity index (χ3v) is 10.1. The molecule has 0 radical (unpaired) electrons. The zero-order valence-corrected chi connectivity index (χ0v) is 25.5. The minimum absolute atomic E-state index is 0.201. The second kappa shape index (κ2) is 9.91. The fourth-order valence-electron chi connectivity index (χ4n) is 7.33. The Morgan fingerprint density at radius 2 is 1.69 bits per heavy atom. The Bertz CT molecular complexity index is 1370. The number of rotatable bonds is 3. The molecule has 0 bridgehead atoms. The Morgan fingerprint density at radius 3 is 2.36 bits per heavy atom. The molecule has 2 amide bonds. The van der Waals surface area contributed by atoms with Gasteiger partial charge in [-0.2, -0.15) is 0 Å². The van der Waals surface area contributed by atoms with E-state index in [1.54, 1.807) is 0 Å². The van der Waals surface area contributed by atoms with Crippen LogP contribution in [0, 0.1) is 18.3 Å². The summed E-state index contributed by atoms with van der Waals surface area (Å²) >= 11 is 0. The number of fused-ring (bicyclic) bond motifs is 4. The van der Waals surface area contributed by atoms with Crippen molar-refractivity contribution in [3.05, 3.63) is 35.3 Å². The van der Waals surface area contributed by atoms with Gasteiger partial charge in [-0.1, -0.05) is 6.07 Å². The van der Waals surface area contributed by atoms with Crippen LogP contribution >= 0.6 is 0 Å². The highest BCUT2D eigenvalue weighted by molar-refractivity contribution is 5.74. The number of nitrogens with zero attached hydrogens (tertiary/aromatic N) is 3. The van der Waals surface area contributed by atoms with Crippen LogP contribution in [-0.4, -0.2) is 70.3 Å². The predicted octanol–water partition coefficient (Wildman–Crippen LogP) is 6.51. The summed E-state index contributed by atoms with van der Waals surface area (Å²) in [5.74, 6) is 2.85. The van der Waals surface area contributed by atoms with Gasteiger partial charge in [-0.25, -0.2) is 14.6 Å². The molecule has 0 unspecified atom stereocenters. The molecule has 2 aromatic rings. The van der Waals surface area contributed by atoms with E-state index in [-0.39, 0.29) is 17.6 Å². The summed E-state index contributed by atoms with van der Waals surface area (Å²) < 4.78 is 18.0. The number of ether oxygens (including phenoxy) is 3. The number of aromatic amines is 1. The largest absolute Gasteiger partial charge is 0.480 e. The number of benzene rings is 1. The van der Waals surface area contributed by atoms with Gasteiger partial charge in [0.05, 0.1) is 18.0 Å². The second-order valence-electron chi connectivity index (χ2n) is 14.5. The molecule has 4 fully saturated rings. The van der Waals surface area contributed by atoms with E-state index in [4.69, 9.17) is 19.2 Å². The quantitative estimate of drug-likeness (QED) is 0.448. The standard InChI is InChI=1S/C33H44N4O5/c1-21-5-8-24-25(17-21)41-33(11-15-36(16-12-33)29(38)40-20-22-6-7-22)27-26(24)34-28(35-27)23-18-32(19-23)9-13-37(14-10-32)30(39)42-31(2,3)4/h5,8,17,22-23H,6-7,9-16,18-20H2,1-4H3,(H,34,35). The summed E-state index contributed by atoms with van der Waals surface area (Å²) in [6.07, 6.45) is 7.50. The monoisotopic (exact) mass is 576 g/mol. The topological polar surface area (TPSA) is 97.0 Å². The van der Waals surface area contributed by atoms with Gasteiger partial charge in [0.2, 0.25) is 0 Å². The van der Waals surface area contributed by atoms with Gasteiger partial charge in [0.1, 0.15) is 17.2 Å². The smallest absolute Gasteiger partial charge is 0.410 e. The fraction of sp³-hybridized carbons (Fsp3) is 0.667. The third kappa shape index (κ3) is 5.13. The zero-order chi connectivity index (χ0) is 29.3. The first-order valence-electron chi connectivity index (χ1n) is 15.8. The van der Waals surface area contributed by atoms with Gasteiger partial charge in [-0.3, -0.25) is 0 Å². The normalized spacial score (nSPS) is 22.7. The number of amides is 2. The van der Waals surface area contributed by atoms with E-state index in [1.165, 1.54) is 12.8 Å². The molecule has 2 saturated heterocycles. The molecule has 1 aromatic carbocycles. The average molecular weight is 577 g/mol. The zero-order valence-electron chi connectivity index (χ0n) is 25.5. The Labute approximate surface area is 248 Å². The Balaban J connectivity index is 1.06.